The zero-order valence-electron chi connectivity index (χ0n) is 21.9. The normalized spacial score (nSPS) is 11.6. The maximum absolute atomic E-state index is 5.99. The van der Waals surface area contributed by atoms with Gasteiger partial charge in [0.25, 0.3) is 11.8 Å². The lowest BCUT2D eigenvalue weighted by atomic mass is 10.1. The molecule has 0 bridgehead atoms. The van der Waals surface area contributed by atoms with Crippen molar-refractivity contribution in [3.05, 3.63) is 122 Å². The van der Waals surface area contributed by atoms with E-state index in [1.807, 2.05) is 73.7 Å². The van der Waals surface area contributed by atoms with Gasteiger partial charge in [-0.05, 0) is 61.5 Å². The van der Waals surface area contributed by atoms with Gasteiger partial charge in [0.05, 0.1) is 22.8 Å². The average molecular weight is 555 g/mol. The van der Waals surface area contributed by atoms with Crippen LogP contribution in [0.1, 0.15) is 26.1 Å². The van der Waals surface area contributed by atoms with Gasteiger partial charge >= 0.3 is 0 Å². The Kier molecular flexibility index (Phi) is 8.24. The predicted molar refractivity (Wildman–Crippen MR) is 160 cm³/mol. The maximum atomic E-state index is 5.99. The molecule has 42 heavy (non-hydrogen) atoms. The number of pyridine rings is 4. The molecule has 6 heterocycles. The minimum Gasteiger partial charge on any atom is -0.415 e. The quantitative estimate of drug-likeness (QED) is 0.181. The molecule has 0 aliphatic carbocycles. The van der Waals surface area contributed by atoms with Gasteiger partial charge in [0.15, 0.2) is 0 Å². The van der Waals surface area contributed by atoms with Crippen LogP contribution in [0.3, 0.4) is 0 Å². The lowest BCUT2D eigenvalue weighted by Crippen LogP contribution is -1.89. The SMILES string of the molecule is C.C=C/C(=C\C(=C/C)c1nnc(-c2cccc(-c3ccccn3)n2)o1)c1nnc(-c2cccc(-c3ccccn3)n2)o1. The van der Waals surface area contributed by atoms with Crippen molar-refractivity contribution in [2.75, 3.05) is 0 Å². The minimum atomic E-state index is 0. The first-order valence-electron chi connectivity index (χ1n) is 12.7. The standard InChI is InChI=1S/C31H22N8O2.CH4/c1-3-20(28-36-38-30(40-28)26-15-9-13-24(34-26)22-11-5-7-17-32-22)19-21(4-2)29-37-39-31(41-29)27-16-10-14-25(35-27)23-12-6-8-18-33-23;/h3-19H,1H2,2H3;1H4/b20-19+,21-4+;. The third-order valence-corrected chi connectivity index (χ3v) is 5.98. The number of aromatic nitrogens is 8. The zero-order chi connectivity index (χ0) is 28.0. The summed E-state index contributed by atoms with van der Waals surface area (Å²) < 4.78 is 12.0. The first-order chi connectivity index (χ1) is 20.2. The van der Waals surface area contributed by atoms with E-state index in [2.05, 4.69) is 46.9 Å². The molecule has 10 nitrogen and oxygen atoms in total. The number of nitrogens with zero attached hydrogens (tertiary/aromatic N) is 8. The highest BCUT2D eigenvalue weighted by Gasteiger charge is 2.17. The Labute approximate surface area is 242 Å². The van der Waals surface area contributed by atoms with E-state index in [1.54, 1.807) is 36.7 Å². The Balaban J connectivity index is 0.00000353. The summed E-state index contributed by atoms with van der Waals surface area (Å²) in [7, 11) is 0. The Hall–Kier alpha value is -5.90. The van der Waals surface area contributed by atoms with Crippen molar-refractivity contribution < 1.29 is 8.83 Å². The topological polar surface area (TPSA) is 129 Å². The first-order valence-corrected chi connectivity index (χ1v) is 12.7. The van der Waals surface area contributed by atoms with Crippen LogP contribution in [0.25, 0.3) is 57.1 Å². The molecule has 0 atom stereocenters. The highest BCUT2D eigenvalue weighted by molar-refractivity contribution is 5.83. The van der Waals surface area contributed by atoms with Crippen molar-refractivity contribution >= 4 is 11.1 Å². The highest BCUT2D eigenvalue weighted by atomic mass is 16.4. The molecule has 206 valence electrons. The first kappa shape index (κ1) is 27.7. The summed E-state index contributed by atoms with van der Waals surface area (Å²) in [5.74, 6) is 1.12. The van der Waals surface area contributed by atoms with Crippen LogP contribution in [-0.2, 0) is 0 Å². The van der Waals surface area contributed by atoms with Crippen LogP contribution in [0.5, 0.6) is 0 Å². The number of allylic oxidation sites excluding steroid dienone is 5. The Morgan fingerprint density at radius 3 is 1.52 bits per heavy atom. The molecule has 0 aliphatic heterocycles. The fourth-order valence-electron chi connectivity index (χ4n) is 3.95. The second-order valence-corrected chi connectivity index (χ2v) is 8.62. The van der Waals surface area contributed by atoms with Crippen molar-refractivity contribution in [3.63, 3.8) is 0 Å². The summed E-state index contributed by atoms with van der Waals surface area (Å²) in [6.07, 6.45) is 8.69. The summed E-state index contributed by atoms with van der Waals surface area (Å²) in [4.78, 5) is 18.0. The van der Waals surface area contributed by atoms with Gasteiger partial charge < -0.3 is 8.83 Å². The molecule has 10 heteroatoms. The van der Waals surface area contributed by atoms with E-state index in [9.17, 15) is 0 Å². The van der Waals surface area contributed by atoms with Crippen LogP contribution in [0.2, 0.25) is 0 Å². The van der Waals surface area contributed by atoms with E-state index in [0.29, 0.717) is 39.8 Å². The molecule has 0 aliphatic rings. The van der Waals surface area contributed by atoms with Gasteiger partial charge in [0.2, 0.25) is 11.8 Å². The molecule has 0 N–H and O–H groups in total. The van der Waals surface area contributed by atoms with E-state index in [-0.39, 0.29) is 25.1 Å². The highest BCUT2D eigenvalue weighted by Crippen LogP contribution is 2.27. The average Bonchev–Trinajstić information content (AvgIpc) is 3.74. The molecule has 6 rings (SSSR count). The molecule has 0 aromatic carbocycles. The smallest absolute Gasteiger partial charge is 0.266 e. The molecule has 0 saturated carbocycles. The maximum Gasteiger partial charge on any atom is 0.266 e. The summed E-state index contributed by atoms with van der Waals surface area (Å²) in [5, 5.41) is 16.9. The van der Waals surface area contributed by atoms with E-state index in [0.717, 1.165) is 11.4 Å². The van der Waals surface area contributed by atoms with Gasteiger partial charge in [-0.2, -0.15) is 0 Å². The summed E-state index contributed by atoms with van der Waals surface area (Å²) >= 11 is 0. The van der Waals surface area contributed by atoms with Gasteiger partial charge in [-0.3, -0.25) is 9.97 Å². The lowest BCUT2D eigenvalue weighted by molar-refractivity contribution is 0.550. The lowest BCUT2D eigenvalue weighted by Gasteiger charge is -2.01. The molecule has 0 spiro atoms. The summed E-state index contributed by atoms with van der Waals surface area (Å²) in [6.45, 7) is 5.78. The molecular weight excluding hydrogens is 528 g/mol. The monoisotopic (exact) mass is 554 g/mol. The second-order valence-electron chi connectivity index (χ2n) is 8.62. The second kappa shape index (κ2) is 12.5. The van der Waals surface area contributed by atoms with Gasteiger partial charge in [-0.15, -0.1) is 20.4 Å². The fraction of sp³-hybridized carbons (Fsp3) is 0.0625. The molecule has 0 radical (unpaired) electrons. The van der Waals surface area contributed by atoms with Crippen LogP contribution in [0.15, 0.2) is 119 Å². The van der Waals surface area contributed by atoms with E-state index >= 15 is 0 Å². The van der Waals surface area contributed by atoms with Crippen LogP contribution in [0, 0.1) is 0 Å². The number of hydrogen-bond donors (Lipinski definition) is 0. The van der Waals surface area contributed by atoms with Crippen LogP contribution in [-0.4, -0.2) is 40.3 Å². The van der Waals surface area contributed by atoms with Gasteiger partial charge in [-0.25, -0.2) is 9.97 Å². The largest absolute Gasteiger partial charge is 0.415 e. The van der Waals surface area contributed by atoms with Crippen molar-refractivity contribution in [1.82, 2.24) is 40.3 Å². The molecule has 6 aromatic rings. The van der Waals surface area contributed by atoms with E-state index < -0.39 is 0 Å². The number of hydrogen-bond acceptors (Lipinski definition) is 10. The zero-order valence-corrected chi connectivity index (χ0v) is 21.9. The van der Waals surface area contributed by atoms with Crippen molar-refractivity contribution in [3.8, 4) is 45.9 Å². The predicted octanol–water partition coefficient (Wildman–Crippen LogP) is 7.01. The minimum absolute atomic E-state index is 0. The Bertz CT molecular complexity index is 1880. The van der Waals surface area contributed by atoms with Crippen LogP contribution < -0.4 is 0 Å². The van der Waals surface area contributed by atoms with E-state index in [1.165, 1.54) is 0 Å². The third kappa shape index (κ3) is 5.82. The van der Waals surface area contributed by atoms with Crippen LogP contribution in [0.4, 0.5) is 0 Å². The number of rotatable bonds is 8. The van der Waals surface area contributed by atoms with Gasteiger partial charge in [0.1, 0.15) is 11.4 Å². The van der Waals surface area contributed by atoms with Crippen molar-refractivity contribution in [1.29, 1.82) is 0 Å². The third-order valence-electron chi connectivity index (χ3n) is 5.98. The summed E-state index contributed by atoms with van der Waals surface area (Å²) in [5.41, 5.74) is 5.19. The molecule has 0 saturated heterocycles. The Morgan fingerprint density at radius 1 is 0.595 bits per heavy atom. The fourth-order valence-corrected chi connectivity index (χ4v) is 3.95. The summed E-state index contributed by atoms with van der Waals surface area (Å²) in [6, 6.07) is 22.4. The van der Waals surface area contributed by atoms with Crippen molar-refractivity contribution in [2.45, 2.75) is 14.4 Å². The molecule has 0 amide bonds. The molecule has 6 aromatic heterocycles. The molecular formula is C32H26N8O2. The molecule has 0 fully saturated rings. The van der Waals surface area contributed by atoms with Gasteiger partial charge in [-0.1, -0.05) is 50.4 Å². The van der Waals surface area contributed by atoms with Crippen molar-refractivity contribution in [2.24, 2.45) is 0 Å². The molecule has 0 unspecified atom stereocenters. The Morgan fingerprint density at radius 2 is 1.07 bits per heavy atom. The van der Waals surface area contributed by atoms with E-state index in [4.69, 9.17) is 8.83 Å². The van der Waals surface area contributed by atoms with Crippen LogP contribution >= 0.6 is 0 Å². The van der Waals surface area contributed by atoms with Gasteiger partial charge in [0, 0.05) is 23.5 Å².